The molecule has 0 atom stereocenters. The second kappa shape index (κ2) is 47.7. The van der Waals surface area contributed by atoms with Crippen molar-refractivity contribution in [3.8, 4) is 17.6 Å². The van der Waals surface area contributed by atoms with Gasteiger partial charge in [-0.3, -0.25) is 68.3 Å². The lowest BCUT2D eigenvalue weighted by Crippen LogP contribution is -2.43. The zero-order valence-electron chi connectivity index (χ0n) is 69.8. The number of ketones is 1. The number of carbonyl (C=O) groups is 8. The van der Waals surface area contributed by atoms with Gasteiger partial charge in [0.1, 0.15) is 34.6 Å². The highest BCUT2D eigenvalue weighted by Crippen LogP contribution is 2.38. The second-order valence-electron chi connectivity index (χ2n) is 27.7. The van der Waals surface area contributed by atoms with E-state index in [2.05, 4.69) is 58.6 Å². The third kappa shape index (κ3) is 30.5. The van der Waals surface area contributed by atoms with Gasteiger partial charge in [-0.2, -0.15) is 0 Å². The highest BCUT2D eigenvalue weighted by atomic mass is 28.4. The van der Waals surface area contributed by atoms with Gasteiger partial charge in [-0.05, 0) is 97.0 Å². The van der Waals surface area contributed by atoms with Gasteiger partial charge in [0.05, 0.1) is 5.56 Å². The number of benzene rings is 5. The maximum atomic E-state index is 12.9. The Balaban J connectivity index is 0.000000230. The third-order valence-electron chi connectivity index (χ3n) is 17.7. The monoisotopic (exact) mass is 1700 g/mol. The maximum absolute atomic E-state index is 12.9. The predicted octanol–water partition coefficient (Wildman–Crippen LogP) is 12.7. The van der Waals surface area contributed by atoms with Gasteiger partial charge in [-0.15, -0.1) is 6.58 Å². The number of aromatic amines is 6. The number of nitrogens with one attached hydrogen (secondary N) is 6. The zero-order chi connectivity index (χ0) is 90.4. The fourth-order valence-corrected chi connectivity index (χ4v) is 14.4. The first-order chi connectivity index (χ1) is 58.7. The Hall–Kier alpha value is -14.8. The van der Waals surface area contributed by atoms with E-state index in [4.69, 9.17) is 51.9 Å². The lowest BCUT2D eigenvalue weighted by atomic mass is 9.95. The first kappa shape index (κ1) is 97.0. The number of fused-ring (bicyclic) bond motifs is 1. The molecule has 0 fully saturated rings. The molecule has 0 saturated carbocycles. The lowest BCUT2D eigenvalue weighted by molar-refractivity contribution is -0.226. The second-order valence-corrected chi connectivity index (χ2v) is 32.4. The average Bonchev–Trinajstić information content (AvgIpc) is 1.71. The molecule has 0 bridgehead atoms. The molecule has 646 valence electrons. The Morgan fingerprint density at radius 1 is 0.528 bits per heavy atom. The molecular formula is C90H96N6O26Si. The van der Waals surface area contributed by atoms with Crippen LogP contribution >= 0.6 is 0 Å². The molecule has 3 aromatic heterocycles. The highest BCUT2D eigenvalue weighted by molar-refractivity contribution is 6.73. The summed E-state index contributed by atoms with van der Waals surface area (Å²) in [5.41, 5.74) is 5.43. The number of cyclic esters (lactones) is 2. The molecule has 0 unspecified atom stereocenters. The summed E-state index contributed by atoms with van der Waals surface area (Å²) in [7, 11) is -1.95. The van der Waals surface area contributed by atoms with E-state index in [1.54, 1.807) is 58.9 Å². The SMILES string of the molecule is C/C=C/c1c(OC(C)=O)[nH]c(=O)[nH]c1=O.C=C=C=O.C=CCc1c(OC=O)[nH]c(=O)[nH]c1=O.CC(=O)OC1=C(Cc2ccccc2)C(=O)OC(C)(C)O1.CC(=O)Oc1[nH]c(=O)[nH]c(=O)c1C1=CCCCC1.CC[Si](CC)(CC)OC1=C(Cc2ccccc2)C(=O)OC(C)(C)O1.O=C(OCc1ccccc1)OC1=C(Cc2ccccc2)C(=O)c2ccccc21. The number of hydrogen-bond donors (Lipinski definition) is 6. The number of hydrogen-bond acceptors (Lipinski definition) is 26. The molecule has 32 nitrogen and oxygen atoms in total. The van der Waals surface area contributed by atoms with E-state index in [0.29, 0.717) is 41.1 Å². The summed E-state index contributed by atoms with van der Waals surface area (Å²) in [5.74, 6) is -3.35. The number of allylic oxidation sites excluding steroid dienone is 5. The van der Waals surface area contributed by atoms with E-state index in [1.807, 2.05) is 149 Å². The summed E-state index contributed by atoms with van der Waals surface area (Å²) < 4.78 is 58.2. The Kier molecular flexibility index (Phi) is 37.6. The summed E-state index contributed by atoms with van der Waals surface area (Å²) >= 11 is 0. The number of aromatic nitrogens is 6. The topological polar surface area (TPSA) is 452 Å². The van der Waals surface area contributed by atoms with Crippen LogP contribution in [0.15, 0.2) is 240 Å². The molecule has 5 aromatic carbocycles. The molecule has 6 N–H and O–H groups in total. The minimum Gasteiger partial charge on any atom is -0.518 e. The number of esters is 5. The van der Waals surface area contributed by atoms with Crippen LogP contribution in [-0.2, 0) is 103 Å². The van der Waals surface area contributed by atoms with Crippen LogP contribution in [0.1, 0.15) is 157 Å². The Labute approximate surface area is 706 Å². The largest absolute Gasteiger partial charge is 0.518 e. The molecule has 33 heteroatoms. The van der Waals surface area contributed by atoms with Crippen molar-refractivity contribution in [2.45, 2.75) is 164 Å². The smallest absolute Gasteiger partial charge is 0.514 e. The van der Waals surface area contributed by atoms with Crippen LogP contribution in [0.4, 0.5) is 4.79 Å². The molecule has 2 aliphatic carbocycles. The average molecular weight is 1710 g/mol. The van der Waals surface area contributed by atoms with Gasteiger partial charge in [0.2, 0.25) is 17.6 Å². The van der Waals surface area contributed by atoms with Crippen molar-refractivity contribution in [3.63, 3.8) is 0 Å². The van der Waals surface area contributed by atoms with Crippen molar-refractivity contribution in [1.29, 1.82) is 0 Å². The molecule has 0 amide bonds. The van der Waals surface area contributed by atoms with Crippen LogP contribution in [-0.4, -0.2) is 104 Å². The van der Waals surface area contributed by atoms with Gasteiger partial charge in [0.15, 0.2) is 11.7 Å². The number of carbonyl (C=O) groups excluding carboxylic acids is 9. The van der Waals surface area contributed by atoms with Crippen LogP contribution < -0.4 is 48.0 Å². The zero-order valence-corrected chi connectivity index (χ0v) is 70.8. The number of ether oxygens (including phenoxy) is 10. The third-order valence-corrected chi connectivity index (χ3v) is 22.2. The van der Waals surface area contributed by atoms with Crippen molar-refractivity contribution < 1.29 is 94.9 Å². The summed E-state index contributed by atoms with van der Waals surface area (Å²) in [6, 6.07) is 48.3. The van der Waals surface area contributed by atoms with Crippen molar-refractivity contribution >= 4 is 79.9 Å². The van der Waals surface area contributed by atoms with Crippen LogP contribution in [0.5, 0.6) is 17.6 Å². The quantitative estimate of drug-likeness (QED) is 0.00659. The van der Waals surface area contributed by atoms with Gasteiger partial charge in [0.25, 0.3) is 49.0 Å². The fourth-order valence-electron chi connectivity index (χ4n) is 11.9. The molecule has 12 rings (SSSR count). The molecule has 0 radical (unpaired) electrons. The molecule has 2 aliphatic heterocycles. The van der Waals surface area contributed by atoms with Crippen LogP contribution in [0.25, 0.3) is 17.4 Å². The van der Waals surface area contributed by atoms with E-state index < -0.39 is 83.7 Å². The van der Waals surface area contributed by atoms with E-state index in [-0.39, 0.29) is 89.3 Å². The predicted molar refractivity (Wildman–Crippen MR) is 455 cm³/mol. The molecular weight excluding hydrogens is 1610 g/mol. The molecule has 0 saturated heterocycles. The van der Waals surface area contributed by atoms with Crippen molar-refractivity contribution in [2.75, 3.05) is 0 Å². The van der Waals surface area contributed by atoms with Gasteiger partial charge in [-0.1, -0.05) is 185 Å². The standard InChI is InChI=1S/C24H18O4.C19H28O4Si.C15H16O5.C12H14N2O4.C9H10N2O4.C8H8N2O4.C3H2O/c25-22-19-13-7-8-14-20(19)23(21(22)15-17-9-3-1-4-10-17)28-24(26)27-16-18-11-5-2-6-12-18;1-6-24(7-2,8-3)23-18-16(14-15-12-10-9-11-13-15)17(20)21-19(4,5)22-18;1-10(16)18-14-12(9-11-7-5-4-6-8-11)13(17)19-15(2,3)20-14;1-7(15)18-11-9(8-5-3-2-4-6-8)10(16)13-12(17)14-11;1-3-4-6-7(13)10-9(14)11-8(6)15-5(2)12;1-2-3-5-6(12)9-8(13)10-7(5)14-4-11;1-2-3-4/h1-14H,15-16H2;9-13H,6-8,14H2,1-5H3;4-8H,9H2,1-3H3;5H,2-4,6H2,1H3,(H2,13,14,16,17);3-4H,1-2H3,(H2,10,11,13,14);2,4H,1,3H2,(H2,9,10,12,13);1H2/b;;;;4-3+;;. The van der Waals surface area contributed by atoms with Crippen molar-refractivity contribution in [2.24, 2.45) is 0 Å². The Bertz CT molecular complexity index is 5700. The van der Waals surface area contributed by atoms with Gasteiger partial charge in [-0.25, -0.2) is 33.6 Å². The van der Waals surface area contributed by atoms with Crippen molar-refractivity contribution in [3.05, 3.63) is 324 Å². The Morgan fingerprint density at radius 2 is 0.967 bits per heavy atom. The Morgan fingerprint density at radius 3 is 1.43 bits per heavy atom. The summed E-state index contributed by atoms with van der Waals surface area (Å²) in [4.78, 5) is 182. The normalized spacial score (nSPS) is 13.7. The molecule has 8 aromatic rings. The van der Waals surface area contributed by atoms with Crippen molar-refractivity contribution in [1.82, 2.24) is 29.9 Å². The number of Topliss-reactive ketones (excluding diaryl/α,β-unsaturated/α-hetero) is 1. The molecule has 123 heavy (non-hydrogen) atoms. The first-order valence-electron chi connectivity index (χ1n) is 38.6. The summed E-state index contributed by atoms with van der Waals surface area (Å²) in [5, 5.41) is 0. The van der Waals surface area contributed by atoms with E-state index >= 15 is 0 Å². The molecule has 5 heterocycles. The molecule has 0 spiro atoms. The summed E-state index contributed by atoms with van der Waals surface area (Å²) in [6.45, 7) is 25.1. The number of rotatable bonds is 23. The van der Waals surface area contributed by atoms with E-state index in [0.717, 1.165) is 71.6 Å². The van der Waals surface area contributed by atoms with Crippen LogP contribution in [0, 0.1) is 0 Å². The number of H-pyrrole nitrogens is 6. The minimum absolute atomic E-state index is 0.0654. The van der Waals surface area contributed by atoms with Gasteiger partial charge in [0, 0.05) is 90.8 Å². The fraction of sp³-hybridized carbons (Fsp3) is 0.278. The van der Waals surface area contributed by atoms with E-state index in [9.17, 15) is 67.1 Å². The van der Waals surface area contributed by atoms with E-state index in [1.165, 1.54) is 38.9 Å². The van der Waals surface area contributed by atoms with Gasteiger partial charge >= 0.3 is 59.0 Å². The van der Waals surface area contributed by atoms with Gasteiger partial charge < -0.3 is 51.8 Å². The van der Waals surface area contributed by atoms with Crippen LogP contribution in [0.2, 0.25) is 18.1 Å². The minimum atomic E-state index is -1.95. The maximum Gasteiger partial charge on any atom is 0.514 e. The first-order valence-corrected chi connectivity index (χ1v) is 41.1. The lowest BCUT2D eigenvalue weighted by Gasteiger charge is -2.37. The highest BCUT2D eigenvalue weighted by Gasteiger charge is 2.42. The van der Waals surface area contributed by atoms with Crippen LogP contribution in [0.3, 0.4) is 0 Å². The summed E-state index contributed by atoms with van der Waals surface area (Å²) in [6.07, 6.45) is 10.6. The molecule has 4 aliphatic rings.